The molecule has 0 aliphatic carbocycles. The standard InChI is InChI=1S/C13H16FN3O/c1-2-11(13-15-5-6-16-13)17-8-9-7-10(14)3-4-12(9)18/h3-7,11,17-18H,2,8H2,1H3,(H,15,16). The van der Waals surface area contributed by atoms with Gasteiger partial charge in [0.2, 0.25) is 0 Å². The molecule has 1 atom stereocenters. The summed E-state index contributed by atoms with van der Waals surface area (Å²) in [6, 6.07) is 3.99. The maximum atomic E-state index is 13.1. The summed E-state index contributed by atoms with van der Waals surface area (Å²) in [5.41, 5.74) is 0.542. The SMILES string of the molecule is CCC(NCc1cc(F)ccc1O)c1ncc[nH]1. The largest absolute Gasteiger partial charge is 0.508 e. The van der Waals surface area contributed by atoms with E-state index in [1.54, 1.807) is 12.4 Å². The van der Waals surface area contributed by atoms with Crippen molar-refractivity contribution >= 4 is 0 Å². The Bertz CT molecular complexity index is 499. The molecule has 0 aliphatic rings. The molecule has 0 saturated heterocycles. The second-order valence-corrected chi connectivity index (χ2v) is 4.09. The molecular formula is C13H16FN3O. The van der Waals surface area contributed by atoms with Crippen LogP contribution in [0.4, 0.5) is 4.39 Å². The number of halogens is 1. The van der Waals surface area contributed by atoms with E-state index in [2.05, 4.69) is 15.3 Å². The lowest BCUT2D eigenvalue weighted by Gasteiger charge is -2.15. The van der Waals surface area contributed by atoms with Gasteiger partial charge < -0.3 is 15.4 Å². The molecule has 1 unspecified atom stereocenters. The van der Waals surface area contributed by atoms with E-state index in [-0.39, 0.29) is 17.6 Å². The number of rotatable bonds is 5. The number of nitrogens with one attached hydrogen (secondary N) is 2. The minimum Gasteiger partial charge on any atom is -0.508 e. The van der Waals surface area contributed by atoms with Gasteiger partial charge in [-0.15, -0.1) is 0 Å². The minimum absolute atomic E-state index is 0.0580. The summed E-state index contributed by atoms with van der Waals surface area (Å²) in [7, 11) is 0. The molecule has 4 nitrogen and oxygen atoms in total. The quantitative estimate of drug-likeness (QED) is 0.763. The van der Waals surface area contributed by atoms with E-state index < -0.39 is 0 Å². The normalized spacial score (nSPS) is 12.6. The zero-order valence-corrected chi connectivity index (χ0v) is 10.2. The van der Waals surface area contributed by atoms with Crippen LogP contribution in [0.3, 0.4) is 0 Å². The molecule has 1 heterocycles. The highest BCUT2D eigenvalue weighted by atomic mass is 19.1. The number of imidazole rings is 1. The van der Waals surface area contributed by atoms with Crippen LogP contribution in [0, 0.1) is 5.82 Å². The van der Waals surface area contributed by atoms with E-state index in [1.807, 2.05) is 6.92 Å². The van der Waals surface area contributed by atoms with Crippen molar-refractivity contribution in [3.8, 4) is 5.75 Å². The predicted octanol–water partition coefficient (Wildman–Crippen LogP) is 2.50. The van der Waals surface area contributed by atoms with Crippen molar-refractivity contribution < 1.29 is 9.50 Å². The van der Waals surface area contributed by atoms with Crippen LogP contribution >= 0.6 is 0 Å². The third-order valence-corrected chi connectivity index (χ3v) is 2.84. The fraction of sp³-hybridized carbons (Fsp3) is 0.308. The van der Waals surface area contributed by atoms with Crippen molar-refractivity contribution in [2.24, 2.45) is 0 Å². The summed E-state index contributed by atoms with van der Waals surface area (Å²) in [6.07, 6.45) is 4.31. The van der Waals surface area contributed by atoms with E-state index in [0.29, 0.717) is 12.1 Å². The Morgan fingerprint density at radius 3 is 3.00 bits per heavy atom. The Labute approximate surface area is 105 Å². The molecule has 0 spiro atoms. The molecule has 3 N–H and O–H groups in total. The number of aromatic amines is 1. The van der Waals surface area contributed by atoms with Crippen LogP contribution in [-0.4, -0.2) is 15.1 Å². The Morgan fingerprint density at radius 1 is 1.50 bits per heavy atom. The van der Waals surface area contributed by atoms with Crippen molar-refractivity contribution in [2.75, 3.05) is 0 Å². The maximum Gasteiger partial charge on any atom is 0.123 e. The van der Waals surface area contributed by atoms with Crippen LogP contribution in [0.25, 0.3) is 0 Å². The highest BCUT2D eigenvalue weighted by Gasteiger charge is 2.12. The first-order valence-electron chi connectivity index (χ1n) is 5.90. The topological polar surface area (TPSA) is 60.9 Å². The number of hydrogen-bond donors (Lipinski definition) is 3. The lowest BCUT2D eigenvalue weighted by Crippen LogP contribution is -2.21. The third kappa shape index (κ3) is 2.87. The Balaban J connectivity index is 2.04. The van der Waals surface area contributed by atoms with Crippen molar-refractivity contribution in [1.29, 1.82) is 0 Å². The number of aromatic hydroxyl groups is 1. The van der Waals surface area contributed by atoms with Gasteiger partial charge >= 0.3 is 0 Å². The number of aromatic nitrogens is 2. The molecular weight excluding hydrogens is 233 g/mol. The first kappa shape index (κ1) is 12.6. The smallest absolute Gasteiger partial charge is 0.123 e. The zero-order valence-electron chi connectivity index (χ0n) is 10.2. The molecule has 1 aromatic heterocycles. The summed E-state index contributed by atoms with van der Waals surface area (Å²) in [4.78, 5) is 7.23. The van der Waals surface area contributed by atoms with Crippen molar-refractivity contribution in [2.45, 2.75) is 25.9 Å². The highest BCUT2D eigenvalue weighted by Crippen LogP contribution is 2.19. The first-order valence-corrected chi connectivity index (χ1v) is 5.90. The molecule has 2 aromatic rings. The number of benzene rings is 1. The van der Waals surface area contributed by atoms with Gasteiger partial charge in [-0.2, -0.15) is 0 Å². The van der Waals surface area contributed by atoms with E-state index >= 15 is 0 Å². The van der Waals surface area contributed by atoms with Crippen molar-refractivity contribution in [1.82, 2.24) is 15.3 Å². The van der Waals surface area contributed by atoms with Gasteiger partial charge in [0.1, 0.15) is 17.4 Å². The fourth-order valence-corrected chi connectivity index (χ4v) is 1.83. The molecule has 2 rings (SSSR count). The molecule has 0 amide bonds. The first-order chi connectivity index (χ1) is 8.70. The van der Waals surface area contributed by atoms with Crippen molar-refractivity contribution in [3.63, 3.8) is 0 Å². The van der Waals surface area contributed by atoms with Crippen LogP contribution in [0.15, 0.2) is 30.6 Å². The van der Waals surface area contributed by atoms with E-state index in [0.717, 1.165) is 12.2 Å². The second kappa shape index (κ2) is 5.64. The number of phenols is 1. The lowest BCUT2D eigenvalue weighted by atomic mass is 10.1. The third-order valence-electron chi connectivity index (χ3n) is 2.84. The van der Waals surface area contributed by atoms with Crippen LogP contribution < -0.4 is 5.32 Å². The van der Waals surface area contributed by atoms with E-state index in [9.17, 15) is 9.50 Å². The van der Waals surface area contributed by atoms with E-state index in [4.69, 9.17) is 0 Å². The fourth-order valence-electron chi connectivity index (χ4n) is 1.83. The Kier molecular flexibility index (Phi) is 3.94. The van der Waals surface area contributed by atoms with Crippen LogP contribution in [0.5, 0.6) is 5.75 Å². The van der Waals surface area contributed by atoms with Gasteiger partial charge in [-0.3, -0.25) is 0 Å². The molecule has 5 heteroatoms. The molecule has 0 fully saturated rings. The summed E-state index contributed by atoms with van der Waals surface area (Å²) in [5, 5.41) is 12.9. The van der Waals surface area contributed by atoms with Gasteiger partial charge in [0.15, 0.2) is 0 Å². The van der Waals surface area contributed by atoms with Crippen LogP contribution in [-0.2, 0) is 6.54 Å². The average molecular weight is 249 g/mol. The van der Waals surface area contributed by atoms with Crippen LogP contribution in [0.1, 0.15) is 30.8 Å². The second-order valence-electron chi connectivity index (χ2n) is 4.09. The average Bonchev–Trinajstić information content (AvgIpc) is 2.88. The number of H-pyrrole nitrogens is 1. The molecule has 0 radical (unpaired) electrons. The summed E-state index contributed by atoms with van der Waals surface area (Å²) < 4.78 is 13.1. The molecule has 0 saturated carbocycles. The molecule has 0 bridgehead atoms. The summed E-state index contributed by atoms with van der Waals surface area (Å²) in [5.74, 6) is 0.585. The predicted molar refractivity (Wildman–Crippen MR) is 66.5 cm³/mol. The Hall–Kier alpha value is -1.88. The Morgan fingerprint density at radius 2 is 2.33 bits per heavy atom. The van der Waals surface area contributed by atoms with Gasteiger partial charge in [-0.1, -0.05) is 6.92 Å². The van der Waals surface area contributed by atoms with Gasteiger partial charge in [0.05, 0.1) is 6.04 Å². The highest BCUT2D eigenvalue weighted by molar-refractivity contribution is 5.32. The monoisotopic (exact) mass is 249 g/mol. The number of phenolic OH excluding ortho intramolecular Hbond substituents is 1. The van der Waals surface area contributed by atoms with Gasteiger partial charge in [-0.25, -0.2) is 9.37 Å². The molecule has 18 heavy (non-hydrogen) atoms. The van der Waals surface area contributed by atoms with Gasteiger partial charge in [0.25, 0.3) is 0 Å². The molecule has 96 valence electrons. The summed E-state index contributed by atoms with van der Waals surface area (Å²) >= 11 is 0. The number of hydrogen-bond acceptors (Lipinski definition) is 3. The summed E-state index contributed by atoms with van der Waals surface area (Å²) in [6.45, 7) is 2.43. The molecule has 1 aromatic carbocycles. The van der Waals surface area contributed by atoms with Gasteiger partial charge in [0, 0.05) is 24.5 Å². The maximum absolute atomic E-state index is 13.1. The van der Waals surface area contributed by atoms with Crippen LogP contribution in [0.2, 0.25) is 0 Å². The molecule has 0 aliphatic heterocycles. The van der Waals surface area contributed by atoms with Crippen molar-refractivity contribution in [3.05, 3.63) is 47.8 Å². The zero-order chi connectivity index (χ0) is 13.0. The van der Waals surface area contributed by atoms with Gasteiger partial charge in [-0.05, 0) is 24.6 Å². The van der Waals surface area contributed by atoms with E-state index in [1.165, 1.54) is 18.2 Å². The minimum atomic E-state index is -0.351. The lowest BCUT2D eigenvalue weighted by molar-refractivity contribution is 0.448. The number of nitrogens with zero attached hydrogens (tertiary/aromatic N) is 1.